The molecule has 1 atom stereocenters. The van der Waals surface area contributed by atoms with E-state index in [1.165, 1.54) is 0 Å². The lowest BCUT2D eigenvalue weighted by atomic mass is 10.1. The van der Waals surface area contributed by atoms with Gasteiger partial charge >= 0.3 is 0 Å². The largest absolute Gasteiger partial charge is 0.487 e. The van der Waals surface area contributed by atoms with E-state index in [9.17, 15) is 4.79 Å². The van der Waals surface area contributed by atoms with E-state index < -0.39 is 0 Å². The Bertz CT molecular complexity index is 476. The van der Waals surface area contributed by atoms with Gasteiger partial charge < -0.3 is 19.7 Å². The minimum absolute atomic E-state index is 0.00669. The van der Waals surface area contributed by atoms with Crippen molar-refractivity contribution in [2.75, 3.05) is 38.3 Å². The number of carbonyl (C=O) groups is 1. The SMILES string of the molecule is COCCNCC(=O)N1CC(C)Oc2cc(C)ccc21. The first-order valence-electron chi connectivity index (χ1n) is 6.89. The smallest absolute Gasteiger partial charge is 0.241 e. The second-order valence-electron chi connectivity index (χ2n) is 5.07. The number of aryl methyl sites for hydroxylation is 1. The minimum atomic E-state index is 0.00669. The number of ether oxygens (including phenoxy) is 2. The maximum absolute atomic E-state index is 12.3. The third kappa shape index (κ3) is 3.49. The molecule has 1 aromatic carbocycles. The summed E-state index contributed by atoms with van der Waals surface area (Å²) < 4.78 is 10.7. The van der Waals surface area contributed by atoms with Crippen molar-refractivity contribution in [3.63, 3.8) is 0 Å². The van der Waals surface area contributed by atoms with Crippen LogP contribution >= 0.6 is 0 Å². The molecule has 0 fully saturated rings. The molecule has 0 radical (unpaired) electrons. The summed E-state index contributed by atoms with van der Waals surface area (Å²) in [6.07, 6.45) is 0.00669. The Labute approximate surface area is 119 Å². The normalized spacial score (nSPS) is 17.6. The fourth-order valence-corrected chi connectivity index (χ4v) is 2.25. The van der Waals surface area contributed by atoms with Crippen molar-refractivity contribution in [1.29, 1.82) is 0 Å². The summed E-state index contributed by atoms with van der Waals surface area (Å²) in [6, 6.07) is 5.92. The first kappa shape index (κ1) is 14.8. The Morgan fingerprint density at radius 2 is 2.35 bits per heavy atom. The van der Waals surface area contributed by atoms with Crippen molar-refractivity contribution in [3.8, 4) is 5.75 Å². The molecule has 0 saturated heterocycles. The molecular weight excluding hydrogens is 256 g/mol. The second-order valence-corrected chi connectivity index (χ2v) is 5.07. The Morgan fingerprint density at radius 1 is 1.55 bits per heavy atom. The van der Waals surface area contributed by atoms with Crippen LogP contribution in [0.2, 0.25) is 0 Å². The van der Waals surface area contributed by atoms with E-state index in [1.807, 2.05) is 32.0 Å². The summed E-state index contributed by atoms with van der Waals surface area (Å²) in [5, 5.41) is 3.08. The van der Waals surface area contributed by atoms with Gasteiger partial charge in [0, 0.05) is 13.7 Å². The van der Waals surface area contributed by atoms with Crippen LogP contribution < -0.4 is 15.0 Å². The third-order valence-electron chi connectivity index (χ3n) is 3.23. The molecule has 1 amide bonds. The van der Waals surface area contributed by atoms with Gasteiger partial charge in [-0.3, -0.25) is 4.79 Å². The van der Waals surface area contributed by atoms with Crippen LogP contribution in [0.15, 0.2) is 18.2 Å². The van der Waals surface area contributed by atoms with Crippen LogP contribution in [-0.4, -0.2) is 45.4 Å². The molecule has 1 heterocycles. The molecule has 0 aliphatic carbocycles. The standard InChI is InChI=1S/C15H22N2O3/c1-11-4-5-13-14(8-11)20-12(2)10-17(13)15(18)9-16-6-7-19-3/h4-5,8,12,16H,6-7,9-10H2,1-3H3. The summed E-state index contributed by atoms with van der Waals surface area (Å²) in [4.78, 5) is 14.1. The summed E-state index contributed by atoms with van der Waals surface area (Å²) >= 11 is 0. The highest BCUT2D eigenvalue weighted by Crippen LogP contribution is 2.34. The Hall–Kier alpha value is -1.59. The van der Waals surface area contributed by atoms with E-state index >= 15 is 0 Å². The van der Waals surface area contributed by atoms with E-state index in [2.05, 4.69) is 5.32 Å². The van der Waals surface area contributed by atoms with Crippen LogP contribution in [0.4, 0.5) is 5.69 Å². The number of hydrogen-bond donors (Lipinski definition) is 1. The van der Waals surface area contributed by atoms with Crippen molar-refractivity contribution in [2.24, 2.45) is 0 Å². The highest BCUT2D eigenvalue weighted by Gasteiger charge is 2.27. The highest BCUT2D eigenvalue weighted by atomic mass is 16.5. The third-order valence-corrected chi connectivity index (χ3v) is 3.23. The fourth-order valence-electron chi connectivity index (χ4n) is 2.25. The van der Waals surface area contributed by atoms with Gasteiger partial charge in [-0.25, -0.2) is 0 Å². The molecule has 1 aliphatic heterocycles. The van der Waals surface area contributed by atoms with Gasteiger partial charge in [-0.1, -0.05) is 6.07 Å². The van der Waals surface area contributed by atoms with Gasteiger partial charge in [0.2, 0.25) is 5.91 Å². The molecule has 1 N–H and O–H groups in total. The predicted molar refractivity (Wildman–Crippen MR) is 78.4 cm³/mol. The average Bonchev–Trinajstić information content (AvgIpc) is 2.42. The van der Waals surface area contributed by atoms with Crippen molar-refractivity contribution >= 4 is 11.6 Å². The van der Waals surface area contributed by atoms with Crippen LogP contribution in [0.1, 0.15) is 12.5 Å². The number of rotatable bonds is 5. The van der Waals surface area contributed by atoms with Crippen molar-refractivity contribution < 1.29 is 14.3 Å². The van der Waals surface area contributed by atoms with E-state index in [0.717, 1.165) is 17.0 Å². The quantitative estimate of drug-likeness (QED) is 0.826. The number of benzene rings is 1. The van der Waals surface area contributed by atoms with Crippen LogP contribution in [-0.2, 0) is 9.53 Å². The van der Waals surface area contributed by atoms with Gasteiger partial charge in [-0.2, -0.15) is 0 Å². The number of hydrogen-bond acceptors (Lipinski definition) is 4. The van der Waals surface area contributed by atoms with Gasteiger partial charge in [-0.15, -0.1) is 0 Å². The molecule has 0 bridgehead atoms. The lowest BCUT2D eigenvalue weighted by Gasteiger charge is -2.33. The number of fused-ring (bicyclic) bond motifs is 1. The number of anilines is 1. The van der Waals surface area contributed by atoms with Crippen LogP contribution in [0.3, 0.4) is 0 Å². The molecule has 1 aliphatic rings. The van der Waals surface area contributed by atoms with Crippen LogP contribution in [0.5, 0.6) is 5.75 Å². The van der Waals surface area contributed by atoms with Crippen molar-refractivity contribution in [1.82, 2.24) is 5.32 Å². The molecule has 110 valence electrons. The van der Waals surface area contributed by atoms with Crippen LogP contribution in [0.25, 0.3) is 0 Å². The summed E-state index contributed by atoms with van der Waals surface area (Å²) in [5.74, 6) is 0.843. The molecule has 5 heteroatoms. The number of amides is 1. The summed E-state index contributed by atoms with van der Waals surface area (Å²) in [6.45, 7) is 6.15. The first-order valence-corrected chi connectivity index (χ1v) is 6.89. The van der Waals surface area contributed by atoms with Crippen LogP contribution in [0, 0.1) is 6.92 Å². The topological polar surface area (TPSA) is 50.8 Å². The Balaban J connectivity index is 2.06. The lowest BCUT2D eigenvalue weighted by molar-refractivity contribution is -0.118. The molecule has 1 unspecified atom stereocenters. The fraction of sp³-hybridized carbons (Fsp3) is 0.533. The maximum Gasteiger partial charge on any atom is 0.241 e. The number of methoxy groups -OCH3 is 1. The molecule has 2 rings (SSSR count). The molecule has 5 nitrogen and oxygen atoms in total. The number of nitrogens with zero attached hydrogens (tertiary/aromatic N) is 1. The Morgan fingerprint density at radius 3 is 3.10 bits per heavy atom. The predicted octanol–water partition coefficient (Wildman–Crippen LogP) is 1.34. The molecule has 0 saturated carbocycles. The van der Waals surface area contributed by atoms with Gasteiger partial charge in [0.25, 0.3) is 0 Å². The average molecular weight is 278 g/mol. The van der Waals surface area contributed by atoms with Crippen molar-refractivity contribution in [3.05, 3.63) is 23.8 Å². The van der Waals surface area contributed by atoms with Gasteiger partial charge in [0.05, 0.1) is 25.4 Å². The monoisotopic (exact) mass is 278 g/mol. The summed E-state index contributed by atoms with van der Waals surface area (Å²) in [7, 11) is 1.64. The zero-order valence-corrected chi connectivity index (χ0v) is 12.3. The number of nitrogens with one attached hydrogen (secondary N) is 1. The van der Waals surface area contributed by atoms with E-state index in [4.69, 9.17) is 9.47 Å². The lowest BCUT2D eigenvalue weighted by Crippen LogP contribution is -2.46. The molecular formula is C15H22N2O3. The van der Waals surface area contributed by atoms with Gasteiger partial charge in [0.15, 0.2) is 0 Å². The van der Waals surface area contributed by atoms with Crippen molar-refractivity contribution in [2.45, 2.75) is 20.0 Å². The summed E-state index contributed by atoms with van der Waals surface area (Å²) in [5.41, 5.74) is 1.98. The number of carbonyl (C=O) groups excluding carboxylic acids is 1. The maximum atomic E-state index is 12.3. The van der Waals surface area contributed by atoms with E-state index in [0.29, 0.717) is 26.2 Å². The van der Waals surface area contributed by atoms with E-state index in [1.54, 1.807) is 12.0 Å². The van der Waals surface area contributed by atoms with Gasteiger partial charge in [0.1, 0.15) is 11.9 Å². The molecule has 0 aromatic heterocycles. The molecule has 20 heavy (non-hydrogen) atoms. The van der Waals surface area contributed by atoms with Gasteiger partial charge in [-0.05, 0) is 31.5 Å². The van der Waals surface area contributed by atoms with E-state index in [-0.39, 0.29) is 12.0 Å². The molecule has 1 aromatic rings. The highest BCUT2D eigenvalue weighted by molar-refractivity contribution is 5.96. The first-order chi connectivity index (χ1) is 9.61. The zero-order chi connectivity index (χ0) is 14.5. The minimum Gasteiger partial charge on any atom is -0.487 e. The Kier molecular flexibility index (Phi) is 4.98. The second kappa shape index (κ2) is 6.72. The zero-order valence-electron chi connectivity index (χ0n) is 12.3. The molecule has 0 spiro atoms.